The van der Waals surface area contributed by atoms with Crippen molar-refractivity contribution in [1.29, 1.82) is 0 Å². The fourth-order valence-electron chi connectivity index (χ4n) is 0.769. The number of hydrogen-bond acceptors (Lipinski definition) is 2. The van der Waals surface area contributed by atoms with E-state index in [0.29, 0.717) is 6.42 Å². The van der Waals surface area contributed by atoms with Crippen LogP contribution in [0.25, 0.3) is 0 Å². The van der Waals surface area contributed by atoms with E-state index in [9.17, 15) is 8.76 Å². The third-order valence-corrected chi connectivity index (χ3v) is 3.98. The number of hydrogen-bond donors (Lipinski definition) is 0. The molecule has 0 rings (SSSR count). The Morgan fingerprint density at radius 3 is 2.23 bits per heavy atom. The SMILES string of the molecule is CCCP(=O)(F)OC(C)(C)C(C)C. The van der Waals surface area contributed by atoms with Gasteiger partial charge in [0.25, 0.3) is 0 Å². The molecule has 1 atom stereocenters. The summed E-state index contributed by atoms with van der Waals surface area (Å²) in [7, 11) is -3.87. The lowest BCUT2D eigenvalue weighted by molar-refractivity contribution is 0.0546. The molecule has 0 aliphatic carbocycles. The lowest BCUT2D eigenvalue weighted by Gasteiger charge is -2.30. The lowest BCUT2D eigenvalue weighted by Crippen LogP contribution is -2.29. The molecule has 0 saturated carbocycles. The van der Waals surface area contributed by atoms with Gasteiger partial charge in [0, 0.05) is 0 Å². The molecule has 0 bridgehead atoms. The van der Waals surface area contributed by atoms with Crippen LogP contribution in [0.5, 0.6) is 0 Å². The summed E-state index contributed by atoms with van der Waals surface area (Å²) >= 11 is 0. The summed E-state index contributed by atoms with van der Waals surface area (Å²) in [5.74, 6) is 0.147. The first kappa shape index (κ1) is 13.1. The molecule has 0 aliphatic rings. The van der Waals surface area contributed by atoms with Crippen molar-refractivity contribution in [2.45, 2.75) is 46.6 Å². The van der Waals surface area contributed by atoms with Crippen LogP contribution in [0.15, 0.2) is 0 Å². The maximum Gasteiger partial charge on any atom is 0.368 e. The van der Waals surface area contributed by atoms with Crippen molar-refractivity contribution >= 4 is 7.68 Å². The predicted molar refractivity (Wildman–Crippen MR) is 53.9 cm³/mol. The average molecular weight is 210 g/mol. The van der Waals surface area contributed by atoms with E-state index in [4.69, 9.17) is 4.52 Å². The van der Waals surface area contributed by atoms with E-state index < -0.39 is 13.3 Å². The highest BCUT2D eigenvalue weighted by Gasteiger charge is 2.33. The second-order valence-electron chi connectivity index (χ2n) is 4.16. The van der Waals surface area contributed by atoms with E-state index in [1.165, 1.54) is 0 Å². The predicted octanol–water partition coefficient (Wildman–Crippen LogP) is 4.01. The van der Waals surface area contributed by atoms with Crippen LogP contribution in [-0.4, -0.2) is 11.8 Å². The molecule has 0 heterocycles. The van der Waals surface area contributed by atoms with Crippen molar-refractivity contribution < 1.29 is 13.3 Å². The van der Waals surface area contributed by atoms with E-state index >= 15 is 0 Å². The minimum atomic E-state index is -3.87. The van der Waals surface area contributed by atoms with Crippen LogP contribution in [0, 0.1) is 5.92 Å². The second kappa shape index (κ2) is 4.56. The van der Waals surface area contributed by atoms with Crippen molar-refractivity contribution in [3.8, 4) is 0 Å². The van der Waals surface area contributed by atoms with Crippen molar-refractivity contribution in [3.63, 3.8) is 0 Å². The molecule has 0 aromatic heterocycles. The van der Waals surface area contributed by atoms with Gasteiger partial charge >= 0.3 is 7.68 Å². The molecule has 0 amide bonds. The van der Waals surface area contributed by atoms with Crippen LogP contribution in [0.2, 0.25) is 0 Å². The molecule has 4 heteroatoms. The highest BCUT2D eigenvalue weighted by molar-refractivity contribution is 7.53. The molecule has 80 valence electrons. The minimum Gasteiger partial charge on any atom is -0.299 e. The van der Waals surface area contributed by atoms with Gasteiger partial charge < -0.3 is 0 Å². The highest BCUT2D eigenvalue weighted by Crippen LogP contribution is 2.53. The van der Waals surface area contributed by atoms with E-state index in [0.717, 1.165) is 0 Å². The molecular formula is C9H20FO2P. The van der Waals surface area contributed by atoms with Crippen LogP contribution < -0.4 is 0 Å². The van der Waals surface area contributed by atoms with E-state index in [-0.39, 0.29) is 12.1 Å². The Bertz CT molecular complexity index is 202. The smallest absolute Gasteiger partial charge is 0.299 e. The molecule has 0 saturated heterocycles. The molecule has 0 fully saturated rings. The van der Waals surface area contributed by atoms with Gasteiger partial charge in [-0.2, -0.15) is 4.20 Å². The van der Waals surface area contributed by atoms with Gasteiger partial charge in [0.2, 0.25) is 0 Å². The third kappa shape index (κ3) is 4.78. The molecule has 0 aliphatic heterocycles. The largest absolute Gasteiger partial charge is 0.368 e. The fourth-order valence-corrected chi connectivity index (χ4v) is 2.31. The summed E-state index contributed by atoms with van der Waals surface area (Å²) in [5.41, 5.74) is -0.653. The zero-order valence-electron chi connectivity index (χ0n) is 9.13. The van der Waals surface area contributed by atoms with Gasteiger partial charge in [-0.3, -0.25) is 9.09 Å². The number of halogens is 1. The summed E-state index contributed by atoms with van der Waals surface area (Å²) < 4.78 is 29.5. The summed E-state index contributed by atoms with van der Waals surface area (Å²) in [6.07, 6.45) is 0.561. The van der Waals surface area contributed by atoms with Crippen LogP contribution >= 0.6 is 7.68 Å². The summed E-state index contributed by atoms with van der Waals surface area (Å²) in [4.78, 5) is 0. The topological polar surface area (TPSA) is 26.3 Å². The first-order valence-corrected chi connectivity index (χ1v) is 6.41. The van der Waals surface area contributed by atoms with Gasteiger partial charge in [0.05, 0.1) is 11.8 Å². The maximum atomic E-state index is 13.3. The molecular weight excluding hydrogens is 190 g/mol. The Labute approximate surface area is 80.4 Å². The van der Waals surface area contributed by atoms with Gasteiger partial charge in [-0.15, -0.1) is 0 Å². The third-order valence-electron chi connectivity index (χ3n) is 2.25. The summed E-state index contributed by atoms with van der Waals surface area (Å²) in [6.45, 7) is 9.16. The van der Waals surface area contributed by atoms with Gasteiger partial charge in [0.15, 0.2) is 0 Å². The Morgan fingerprint density at radius 2 is 1.92 bits per heavy atom. The van der Waals surface area contributed by atoms with Gasteiger partial charge in [0.1, 0.15) is 0 Å². The van der Waals surface area contributed by atoms with E-state index in [1.807, 2.05) is 13.8 Å². The molecule has 13 heavy (non-hydrogen) atoms. The molecule has 0 aromatic carbocycles. The molecule has 2 nitrogen and oxygen atoms in total. The van der Waals surface area contributed by atoms with Crippen LogP contribution in [0.3, 0.4) is 0 Å². The summed E-state index contributed by atoms with van der Waals surface area (Å²) in [6, 6.07) is 0. The van der Waals surface area contributed by atoms with Crippen LogP contribution in [0.1, 0.15) is 41.0 Å². The van der Waals surface area contributed by atoms with Crippen molar-refractivity contribution in [2.24, 2.45) is 5.92 Å². The highest BCUT2D eigenvalue weighted by atomic mass is 31.2. The average Bonchev–Trinajstić information content (AvgIpc) is 1.83. The molecule has 0 spiro atoms. The Morgan fingerprint density at radius 1 is 1.46 bits per heavy atom. The molecule has 0 N–H and O–H groups in total. The van der Waals surface area contributed by atoms with Gasteiger partial charge in [-0.25, -0.2) is 0 Å². The zero-order valence-corrected chi connectivity index (χ0v) is 10.0. The minimum absolute atomic E-state index is 0.0170. The van der Waals surface area contributed by atoms with Gasteiger partial charge in [-0.1, -0.05) is 20.8 Å². The molecule has 0 radical (unpaired) electrons. The Balaban J connectivity index is 4.33. The van der Waals surface area contributed by atoms with E-state index in [2.05, 4.69) is 0 Å². The fraction of sp³-hybridized carbons (Fsp3) is 1.00. The monoisotopic (exact) mass is 210 g/mol. The molecule has 0 aromatic rings. The van der Waals surface area contributed by atoms with E-state index in [1.54, 1.807) is 20.8 Å². The standard InChI is InChI=1S/C9H20FO2P/c1-6-7-13(10,11)12-9(4,5)8(2)3/h8H,6-7H2,1-5H3. The second-order valence-corrected chi connectivity index (χ2v) is 5.97. The maximum absolute atomic E-state index is 13.3. The zero-order chi connectivity index (χ0) is 10.7. The summed E-state index contributed by atoms with van der Waals surface area (Å²) in [5, 5.41) is 0. The van der Waals surface area contributed by atoms with Gasteiger partial charge in [-0.05, 0) is 26.2 Å². The number of rotatable bonds is 5. The Kier molecular flexibility index (Phi) is 4.61. The van der Waals surface area contributed by atoms with Crippen molar-refractivity contribution in [3.05, 3.63) is 0 Å². The first-order chi connectivity index (χ1) is 5.71. The van der Waals surface area contributed by atoms with Crippen molar-refractivity contribution in [1.82, 2.24) is 0 Å². The lowest BCUT2D eigenvalue weighted by atomic mass is 9.95. The normalized spacial score (nSPS) is 17.5. The van der Waals surface area contributed by atoms with Crippen molar-refractivity contribution in [2.75, 3.05) is 6.16 Å². The quantitative estimate of drug-likeness (QED) is 0.641. The Hall–Kier alpha value is 0.120. The molecule has 1 unspecified atom stereocenters. The first-order valence-electron chi connectivity index (χ1n) is 4.71. The van der Waals surface area contributed by atoms with Crippen LogP contribution in [-0.2, 0) is 9.09 Å². The van der Waals surface area contributed by atoms with Crippen LogP contribution in [0.4, 0.5) is 4.20 Å².